The van der Waals surface area contributed by atoms with E-state index in [0.717, 1.165) is 0 Å². The molecule has 0 saturated heterocycles. The smallest absolute Gasteiger partial charge is 0.246 e. The van der Waals surface area contributed by atoms with E-state index in [1.54, 1.807) is 0 Å². The van der Waals surface area contributed by atoms with E-state index in [1.807, 2.05) is 0 Å². The highest BCUT2D eigenvalue weighted by atomic mass is 19.3. The summed E-state index contributed by atoms with van der Waals surface area (Å²) < 4.78 is 23.8. The molecule has 0 spiro atoms. The summed E-state index contributed by atoms with van der Waals surface area (Å²) in [5, 5.41) is 8.09. The molecule has 0 rings (SSSR count). The fraction of sp³-hybridized carbons (Fsp3) is 0.833. The minimum absolute atomic E-state index is 0.780. The van der Waals surface area contributed by atoms with E-state index >= 15 is 0 Å². The Bertz CT molecular complexity index is 141. The summed E-state index contributed by atoms with van der Waals surface area (Å²) in [5.41, 5.74) is 1.33. The second-order valence-electron chi connectivity index (χ2n) is 2.46. The van der Waals surface area contributed by atoms with Gasteiger partial charge >= 0.3 is 0 Å². The highest BCUT2D eigenvalue weighted by Gasteiger charge is 2.26. The first kappa shape index (κ1) is 10.3. The molecule has 0 aliphatic rings. The fourth-order valence-corrected chi connectivity index (χ4v) is 0.559. The molecule has 2 atom stereocenters. The van der Waals surface area contributed by atoms with Crippen molar-refractivity contribution in [2.24, 2.45) is 11.8 Å². The summed E-state index contributed by atoms with van der Waals surface area (Å²) >= 11 is 0. The third-order valence-electron chi connectivity index (χ3n) is 1.71. The van der Waals surface area contributed by atoms with Crippen molar-refractivity contribution >= 4 is 5.91 Å². The molecule has 2 unspecified atom stereocenters. The third-order valence-corrected chi connectivity index (χ3v) is 1.71. The van der Waals surface area contributed by atoms with Gasteiger partial charge in [-0.15, -0.1) is 0 Å². The average Bonchev–Trinajstić information content (AvgIpc) is 2.00. The average molecular weight is 167 g/mol. The van der Waals surface area contributed by atoms with Crippen molar-refractivity contribution in [3.63, 3.8) is 0 Å². The highest BCUT2D eigenvalue weighted by molar-refractivity contribution is 5.77. The van der Waals surface area contributed by atoms with Crippen LogP contribution in [0.5, 0.6) is 0 Å². The first-order valence-electron chi connectivity index (χ1n) is 3.22. The molecule has 0 aromatic carbocycles. The molecule has 0 aliphatic heterocycles. The number of hydrogen-bond acceptors (Lipinski definition) is 2. The molecule has 2 N–H and O–H groups in total. The summed E-state index contributed by atoms with van der Waals surface area (Å²) in [4.78, 5) is 10.6. The fourth-order valence-electron chi connectivity index (χ4n) is 0.559. The van der Waals surface area contributed by atoms with E-state index in [-0.39, 0.29) is 0 Å². The van der Waals surface area contributed by atoms with Gasteiger partial charge in [0.15, 0.2) is 0 Å². The van der Waals surface area contributed by atoms with Gasteiger partial charge in [0.25, 0.3) is 0 Å². The maximum atomic E-state index is 11.9. The molecule has 5 heteroatoms. The van der Waals surface area contributed by atoms with Gasteiger partial charge in [0.1, 0.15) is 0 Å². The predicted molar refractivity (Wildman–Crippen MR) is 34.3 cm³/mol. The molecule has 0 fully saturated rings. The van der Waals surface area contributed by atoms with Crippen molar-refractivity contribution in [3.05, 3.63) is 0 Å². The van der Waals surface area contributed by atoms with E-state index in [1.165, 1.54) is 19.3 Å². The molecule has 0 aromatic heterocycles. The van der Waals surface area contributed by atoms with Crippen LogP contribution < -0.4 is 5.48 Å². The van der Waals surface area contributed by atoms with E-state index in [9.17, 15) is 13.6 Å². The number of halogens is 2. The molecule has 3 nitrogen and oxygen atoms in total. The molecule has 1 amide bonds. The Morgan fingerprint density at radius 3 is 2.18 bits per heavy atom. The zero-order valence-electron chi connectivity index (χ0n) is 6.34. The number of carbonyl (C=O) groups is 1. The normalized spacial score (nSPS) is 16.2. The monoisotopic (exact) mass is 167 g/mol. The minimum atomic E-state index is -2.54. The van der Waals surface area contributed by atoms with Gasteiger partial charge in [-0.3, -0.25) is 10.0 Å². The zero-order chi connectivity index (χ0) is 9.02. The van der Waals surface area contributed by atoms with Crippen LogP contribution in [0.4, 0.5) is 8.78 Å². The largest absolute Gasteiger partial charge is 0.289 e. The van der Waals surface area contributed by atoms with Crippen LogP contribution >= 0.6 is 0 Å². The van der Waals surface area contributed by atoms with E-state index in [2.05, 4.69) is 0 Å². The molecule has 0 radical (unpaired) electrons. The van der Waals surface area contributed by atoms with Crippen LogP contribution in [0.3, 0.4) is 0 Å². The van der Waals surface area contributed by atoms with E-state index < -0.39 is 24.2 Å². The Labute approximate surface area is 63.4 Å². The zero-order valence-corrected chi connectivity index (χ0v) is 6.34. The molecular weight excluding hydrogens is 156 g/mol. The lowest BCUT2D eigenvalue weighted by molar-refractivity contribution is -0.136. The van der Waals surface area contributed by atoms with E-state index in [0.29, 0.717) is 0 Å². The van der Waals surface area contributed by atoms with Crippen LogP contribution in [0.25, 0.3) is 0 Å². The number of hydroxylamine groups is 1. The number of amides is 1. The van der Waals surface area contributed by atoms with Gasteiger partial charge in [-0.2, -0.15) is 0 Å². The highest BCUT2D eigenvalue weighted by Crippen LogP contribution is 2.18. The number of hydrogen-bond donors (Lipinski definition) is 2. The van der Waals surface area contributed by atoms with E-state index in [4.69, 9.17) is 5.21 Å². The first-order valence-corrected chi connectivity index (χ1v) is 3.22. The number of nitrogens with one attached hydrogen (secondary N) is 1. The number of rotatable bonds is 3. The van der Waals surface area contributed by atoms with Gasteiger partial charge in [0, 0.05) is 11.8 Å². The summed E-state index contributed by atoms with van der Waals surface area (Å²) in [7, 11) is 0. The minimum Gasteiger partial charge on any atom is -0.289 e. The summed E-state index contributed by atoms with van der Waals surface area (Å²) in [6, 6.07) is 0. The first-order chi connectivity index (χ1) is 5.00. The Hall–Kier alpha value is -0.710. The summed E-state index contributed by atoms with van der Waals surface area (Å²) in [6.45, 7) is 2.59. The van der Waals surface area contributed by atoms with Crippen molar-refractivity contribution < 1.29 is 18.8 Å². The van der Waals surface area contributed by atoms with Crippen LogP contribution in [-0.4, -0.2) is 17.5 Å². The van der Waals surface area contributed by atoms with Crippen LogP contribution in [-0.2, 0) is 4.79 Å². The third kappa shape index (κ3) is 2.80. The van der Waals surface area contributed by atoms with Crippen LogP contribution in [0, 0.1) is 11.8 Å². The molecule has 0 aliphatic carbocycles. The second-order valence-corrected chi connectivity index (χ2v) is 2.46. The lowest BCUT2D eigenvalue weighted by Gasteiger charge is -2.16. The Morgan fingerprint density at radius 1 is 1.45 bits per heavy atom. The molecule has 0 aromatic rings. The molecule has 0 saturated carbocycles. The van der Waals surface area contributed by atoms with Crippen LogP contribution in [0.15, 0.2) is 0 Å². The van der Waals surface area contributed by atoms with Gasteiger partial charge in [0.05, 0.1) is 0 Å². The molecular formula is C6H11F2NO2. The van der Waals surface area contributed by atoms with Gasteiger partial charge in [-0.05, 0) is 0 Å². The maximum absolute atomic E-state index is 11.9. The lowest BCUT2D eigenvalue weighted by atomic mass is 9.96. The lowest BCUT2D eigenvalue weighted by Crippen LogP contribution is -2.32. The predicted octanol–water partition coefficient (Wildman–Crippen LogP) is 1.03. The topological polar surface area (TPSA) is 49.3 Å². The van der Waals surface area contributed by atoms with Gasteiger partial charge in [-0.25, -0.2) is 14.3 Å². The van der Waals surface area contributed by atoms with Crippen molar-refractivity contribution in [2.75, 3.05) is 0 Å². The maximum Gasteiger partial charge on any atom is 0.246 e. The Kier molecular flexibility index (Phi) is 3.95. The SMILES string of the molecule is CC(C(=O)NO)C(C)C(F)F. The standard InChI is InChI=1S/C6H11F2NO2/c1-3(5(7)8)4(2)6(10)9-11/h3-5,11H,1-2H3,(H,9,10). The molecule has 0 bridgehead atoms. The van der Waals surface area contributed by atoms with Crippen molar-refractivity contribution in [2.45, 2.75) is 20.3 Å². The van der Waals surface area contributed by atoms with Gasteiger partial charge in [0.2, 0.25) is 12.3 Å². The second kappa shape index (κ2) is 4.23. The number of alkyl halides is 2. The summed E-state index contributed by atoms with van der Waals surface area (Å²) in [5.74, 6) is -2.69. The Balaban J connectivity index is 4.01. The summed E-state index contributed by atoms with van der Waals surface area (Å²) in [6.07, 6.45) is -2.54. The van der Waals surface area contributed by atoms with Crippen molar-refractivity contribution in [3.8, 4) is 0 Å². The molecule has 0 heterocycles. The van der Waals surface area contributed by atoms with Crippen molar-refractivity contribution in [1.82, 2.24) is 5.48 Å². The molecule has 66 valence electrons. The van der Waals surface area contributed by atoms with Gasteiger partial charge in [-0.1, -0.05) is 13.8 Å². The van der Waals surface area contributed by atoms with Crippen LogP contribution in [0.2, 0.25) is 0 Å². The number of carbonyl (C=O) groups excluding carboxylic acids is 1. The molecule has 11 heavy (non-hydrogen) atoms. The van der Waals surface area contributed by atoms with Gasteiger partial charge < -0.3 is 0 Å². The van der Waals surface area contributed by atoms with Crippen LogP contribution in [0.1, 0.15) is 13.8 Å². The quantitative estimate of drug-likeness (QED) is 0.487. The van der Waals surface area contributed by atoms with Crippen molar-refractivity contribution in [1.29, 1.82) is 0 Å². The Morgan fingerprint density at radius 2 is 1.91 bits per heavy atom.